The SMILES string of the molecule is COC(=O)C1Oc2c(c(=O)oc3ccccc23)C1c1cc(OC)c2c(c1)OCO2. The topological polar surface area (TPSA) is 93.4 Å². The van der Waals surface area contributed by atoms with Gasteiger partial charge in [-0.1, -0.05) is 12.1 Å². The summed E-state index contributed by atoms with van der Waals surface area (Å²) in [6, 6.07) is 10.4. The van der Waals surface area contributed by atoms with Gasteiger partial charge < -0.3 is 28.1 Å². The normalized spacial score (nSPS) is 19.0. The molecule has 0 amide bonds. The Morgan fingerprint density at radius 3 is 2.72 bits per heavy atom. The molecule has 5 rings (SSSR count). The first-order valence-corrected chi connectivity index (χ1v) is 8.90. The Kier molecular flexibility index (Phi) is 3.87. The van der Waals surface area contributed by atoms with Gasteiger partial charge in [-0.15, -0.1) is 0 Å². The van der Waals surface area contributed by atoms with Crippen molar-refractivity contribution in [2.24, 2.45) is 0 Å². The molecule has 2 unspecified atom stereocenters. The zero-order chi connectivity index (χ0) is 20.1. The number of methoxy groups -OCH3 is 2. The number of esters is 1. The number of carbonyl (C=O) groups excluding carboxylic acids is 1. The van der Waals surface area contributed by atoms with E-state index in [2.05, 4.69) is 0 Å². The Hall–Kier alpha value is -3.68. The van der Waals surface area contributed by atoms with Gasteiger partial charge in [0.2, 0.25) is 18.6 Å². The minimum atomic E-state index is -1.06. The average Bonchev–Trinajstić information content (AvgIpc) is 3.37. The van der Waals surface area contributed by atoms with E-state index in [0.717, 1.165) is 0 Å². The van der Waals surface area contributed by atoms with Crippen LogP contribution in [0.4, 0.5) is 0 Å². The van der Waals surface area contributed by atoms with Gasteiger partial charge in [-0.2, -0.15) is 0 Å². The molecule has 0 spiro atoms. The van der Waals surface area contributed by atoms with Gasteiger partial charge in [0.1, 0.15) is 11.3 Å². The van der Waals surface area contributed by atoms with Gasteiger partial charge in [0, 0.05) is 0 Å². The van der Waals surface area contributed by atoms with Crippen molar-refractivity contribution < 1.29 is 32.9 Å². The first-order chi connectivity index (χ1) is 14.1. The van der Waals surface area contributed by atoms with Gasteiger partial charge in [-0.3, -0.25) is 0 Å². The van der Waals surface area contributed by atoms with Gasteiger partial charge in [0.15, 0.2) is 11.5 Å². The summed E-state index contributed by atoms with van der Waals surface area (Å²) in [6.45, 7) is 0.0557. The number of ether oxygens (including phenoxy) is 5. The second kappa shape index (κ2) is 6.44. The lowest BCUT2D eigenvalue weighted by molar-refractivity contribution is -0.148. The van der Waals surface area contributed by atoms with Crippen LogP contribution in [0.2, 0.25) is 0 Å². The van der Waals surface area contributed by atoms with Crippen LogP contribution in [0.5, 0.6) is 23.0 Å². The molecule has 8 nitrogen and oxygen atoms in total. The highest BCUT2D eigenvalue weighted by Gasteiger charge is 2.45. The first kappa shape index (κ1) is 17.4. The molecule has 3 heterocycles. The molecule has 2 aromatic carbocycles. The second-order valence-electron chi connectivity index (χ2n) is 6.62. The van der Waals surface area contributed by atoms with Gasteiger partial charge >= 0.3 is 11.6 Å². The highest BCUT2D eigenvalue weighted by atomic mass is 16.7. The third-order valence-electron chi connectivity index (χ3n) is 5.13. The molecule has 8 heteroatoms. The van der Waals surface area contributed by atoms with Crippen LogP contribution in [0, 0.1) is 0 Å². The molecule has 0 aliphatic carbocycles. The smallest absolute Gasteiger partial charge is 0.348 e. The van der Waals surface area contributed by atoms with Crippen molar-refractivity contribution in [3.63, 3.8) is 0 Å². The zero-order valence-electron chi connectivity index (χ0n) is 15.6. The van der Waals surface area contributed by atoms with E-state index in [1.807, 2.05) is 0 Å². The van der Waals surface area contributed by atoms with Crippen molar-refractivity contribution in [3.05, 3.63) is 57.9 Å². The third-order valence-corrected chi connectivity index (χ3v) is 5.13. The third kappa shape index (κ3) is 2.52. The molecular weight excluding hydrogens is 380 g/mol. The molecule has 29 heavy (non-hydrogen) atoms. The maximum Gasteiger partial charge on any atom is 0.348 e. The summed E-state index contributed by atoms with van der Waals surface area (Å²) >= 11 is 0. The first-order valence-electron chi connectivity index (χ1n) is 8.90. The van der Waals surface area contributed by atoms with E-state index in [-0.39, 0.29) is 12.4 Å². The molecule has 2 atom stereocenters. The molecule has 0 saturated carbocycles. The van der Waals surface area contributed by atoms with Crippen LogP contribution < -0.4 is 24.6 Å². The van der Waals surface area contributed by atoms with Crippen LogP contribution in [0.3, 0.4) is 0 Å². The fraction of sp³-hybridized carbons (Fsp3) is 0.238. The largest absolute Gasteiger partial charge is 0.493 e. The van der Waals surface area contributed by atoms with Gasteiger partial charge in [-0.05, 0) is 29.8 Å². The molecular formula is C21H16O8. The van der Waals surface area contributed by atoms with Crippen LogP contribution in [0.25, 0.3) is 11.0 Å². The summed E-state index contributed by atoms with van der Waals surface area (Å²) in [7, 11) is 2.77. The van der Waals surface area contributed by atoms with Crippen LogP contribution in [0.15, 0.2) is 45.6 Å². The highest BCUT2D eigenvalue weighted by molar-refractivity contribution is 5.88. The Morgan fingerprint density at radius 1 is 1.10 bits per heavy atom. The van der Waals surface area contributed by atoms with Crippen LogP contribution in [-0.4, -0.2) is 33.1 Å². The fourth-order valence-electron chi connectivity index (χ4n) is 3.85. The molecule has 0 bridgehead atoms. The summed E-state index contributed by atoms with van der Waals surface area (Å²) in [5.41, 5.74) is 0.637. The Bertz CT molecular complexity index is 1200. The molecule has 2 aliphatic heterocycles. The maximum atomic E-state index is 12.9. The van der Waals surface area contributed by atoms with Crippen molar-refractivity contribution in [2.45, 2.75) is 12.0 Å². The van der Waals surface area contributed by atoms with Crippen molar-refractivity contribution in [1.82, 2.24) is 0 Å². The maximum absolute atomic E-state index is 12.9. The second-order valence-corrected chi connectivity index (χ2v) is 6.62. The van der Waals surface area contributed by atoms with Crippen LogP contribution in [0.1, 0.15) is 17.0 Å². The predicted molar refractivity (Wildman–Crippen MR) is 99.9 cm³/mol. The summed E-state index contributed by atoms with van der Waals surface area (Å²) < 4.78 is 32.7. The van der Waals surface area contributed by atoms with E-state index >= 15 is 0 Å². The van der Waals surface area contributed by atoms with Crippen molar-refractivity contribution in [1.29, 1.82) is 0 Å². The lowest BCUT2D eigenvalue weighted by Gasteiger charge is -2.18. The van der Waals surface area contributed by atoms with E-state index in [0.29, 0.717) is 39.5 Å². The van der Waals surface area contributed by atoms with Crippen molar-refractivity contribution in [2.75, 3.05) is 21.0 Å². The number of benzene rings is 2. The molecule has 0 radical (unpaired) electrons. The van der Waals surface area contributed by atoms with E-state index in [1.54, 1.807) is 36.4 Å². The standard InChI is InChI=1S/C21H16O8/c1-24-13-7-10(8-14-18(13)27-9-26-14)15-16-17(29-19(15)21(23)25-2)11-5-3-4-6-12(11)28-20(16)22/h3-8,15,19H,9H2,1-2H3. The minimum absolute atomic E-state index is 0.0557. The zero-order valence-corrected chi connectivity index (χ0v) is 15.6. The van der Waals surface area contributed by atoms with Crippen molar-refractivity contribution >= 4 is 16.9 Å². The van der Waals surface area contributed by atoms with E-state index < -0.39 is 23.6 Å². The quantitative estimate of drug-likeness (QED) is 0.493. The average molecular weight is 396 g/mol. The Morgan fingerprint density at radius 2 is 1.93 bits per heavy atom. The molecule has 0 fully saturated rings. The van der Waals surface area contributed by atoms with Gasteiger partial charge in [0.25, 0.3) is 0 Å². The number of rotatable bonds is 3. The molecule has 1 aromatic heterocycles. The molecule has 3 aromatic rings. The summed E-state index contributed by atoms with van der Waals surface area (Å²) in [4.78, 5) is 25.4. The monoisotopic (exact) mass is 396 g/mol. The fourth-order valence-corrected chi connectivity index (χ4v) is 3.85. The Labute approximate surface area is 164 Å². The minimum Gasteiger partial charge on any atom is -0.493 e. The molecule has 148 valence electrons. The molecule has 0 saturated heterocycles. The lowest BCUT2D eigenvalue weighted by atomic mass is 9.88. The summed E-state index contributed by atoms with van der Waals surface area (Å²) in [5, 5.41) is 0.603. The van der Waals surface area contributed by atoms with Crippen molar-refractivity contribution in [3.8, 4) is 23.0 Å². The van der Waals surface area contributed by atoms with Crippen LogP contribution >= 0.6 is 0 Å². The van der Waals surface area contributed by atoms with E-state index in [1.165, 1.54) is 14.2 Å². The lowest BCUT2D eigenvalue weighted by Crippen LogP contribution is -2.31. The highest BCUT2D eigenvalue weighted by Crippen LogP contribution is 2.49. The van der Waals surface area contributed by atoms with Crippen LogP contribution in [-0.2, 0) is 9.53 Å². The van der Waals surface area contributed by atoms with E-state index in [9.17, 15) is 9.59 Å². The number of carbonyl (C=O) groups is 1. The van der Waals surface area contributed by atoms with Gasteiger partial charge in [-0.25, -0.2) is 9.59 Å². The number of fused-ring (bicyclic) bond motifs is 4. The van der Waals surface area contributed by atoms with E-state index in [4.69, 9.17) is 28.1 Å². The summed E-state index contributed by atoms with van der Waals surface area (Å²) in [5.74, 6) is 0.302. The number of para-hydroxylation sites is 1. The van der Waals surface area contributed by atoms with Gasteiger partial charge in [0.05, 0.1) is 31.1 Å². The summed E-state index contributed by atoms with van der Waals surface area (Å²) in [6.07, 6.45) is -1.06. The number of hydrogen-bond acceptors (Lipinski definition) is 8. The predicted octanol–water partition coefficient (Wildman–Crippen LogP) is 2.60. The number of hydrogen-bond donors (Lipinski definition) is 0. The molecule has 0 N–H and O–H groups in total. The Balaban J connectivity index is 1.77. The molecule has 2 aliphatic rings.